The lowest BCUT2D eigenvalue weighted by atomic mass is 10.1. The van der Waals surface area contributed by atoms with Crippen LogP contribution in [0, 0.1) is 25.5 Å². The summed E-state index contributed by atoms with van der Waals surface area (Å²) in [6.45, 7) is 7.39. The Morgan fingerprint density at radius 1 is 1.29 bits per heavy atom. The molecule has 1 N–H and O–H groups in total. The summed E-state index contributed by atoms with van der Waals surface area (Å²) in [6.07, 6.45) is 0. The van der Waals surface area contributed by atoms with Crippen LogP contribution in [0.5, 0.6) is 0 Å². The molecular weight excluding hydrogens is 294 g/mol. The highest BCUT2D eigenvalue weighted by Gasteiger charge is 2.28. The summed E-state index contributed by atoms with van der Waals surface area (Å²) in [6, 6.07) is 2.80. The van der Waals surface area contributed by atoms with Crippen molar-refractivity contribution >= 4 is 17.2 Å². The van der Waals surface area contributed by atoms with E-state index in [4.69, 9.17) is 0 Å². The fraction of sp³-hybridized carbons (Fsp3) is 0.333. The molecule has 0 radical (unpaired) electrons. The van der Waals surface area contributed by atoms with Gasteiger partial charge in [-0.1, -0.05) is 0 Å². The smallest absolute Gasteiger partial charge is 0.255 e. The number of carbonyl (C=O) groups excluding carboxylic acids is 1. The number of thiazole rings is 1. The lowest BCUT2D eigenvalue weighted by molar-refractivity contribution is 0.0907. The van der Waals surface area contributed by atoms with E-state index >= 15 is 0 Å². The van der Waals surface area contributed by atoms with Gasteiger partial charge >= 0.3 is 0 Å². The standard InChI is InChI=1S/C15H16F2N2OS/c1-8-9(2)21-14(18-8)15(3,4)19-13(20)11-7-10(16)5-6-12(11)17/h5-7H,1-4H3,(H,19,20). The highest BCUT2D eigenvalue weighted by molar-refractivity contribution is 7.11. The number of hydrogen-bond acceptors (Lipinski definition) is 3. The Hall–Kier alpha value is -1.82. The zero-order chi connectivity index (χ0) is 15.8. The Morgan fingerprint density at radius 2 is 1.95 bits per heavy atom. The van der Waals surface area contributed by atoms with E-state index in [-0.39, 0.29) is 5.56 Å². The largest absolute Gasteiger partial charge is 0.341 e. The second-order valence-electron chi connectivity index (χ2n) is 5.36. The van der Waals surface area contributed by atoms with Gasteiger partial charge in [0.05, 0.1) is 16.8 Å². The van der Waals surface area contributed by atoms with Crippen LogP contribution in [-0.2, 0) is 5.54 Å². The summed E-state index contributed by atoms with van der Waals surface area (Å²) in [5.41, 5.74) is -0.179. The summed E-state index contributed by atoms with van der Waals surface area (Å²) in [5.74, 6) is -2.07. The molecule has 6 heteroatoms. The second kappa shape index (κ2) is 5.52. The van der Waals surface area contributed by atoms with E-state index in [0.717, 1.165) is 33.8 Å². The number of benzene rings is 1. The zero-order valence-corrected chi connectivity index (χ0v) is 13.1. The Labute approximate surface area is 126 Å². The molecule has 0 fully saturated rings. The van der Waals surface area contributed by atoms with Crippen molar-refractivity contribution in [1.82, 2.24) is 10.3 Å². The van der Waals surface area contributed by atoms with Gasteiger partial charge in [-0.3, -0.25) is 4.79 Å². The molecule has 1 heterocycles. The molecule has 0 saturated carbocycles. The maximum atomic E-state index is 13.6. The van der Waals surface area contributed by atoms with Crippen molar-refractivity contribution in [2.45, 2.75) is 33.2 Å². The number of amides is 1. The molecule has 0 aliphatic carbocycles. The van der Waals surface area contributed by atoms with Crippen molar-refractivity contribution in [3.05, 3.63) is 51.0 Å². The molecule has 1 aromatic heterocycles. The highest BCUT2D eigenvalue weighted by atomic mass is 32.1. The number of nitrogens with zero attached hydrogens (tertiary/aromatic N) is 1. The predicted molar refractivity (Wildman–Crippen MR) is 78.4 cm³/mol. The average Bonchev–Trinajstić information content (AvgIpc) is 2.73. The van der Waals surface area contributed by atoms with Crippen LogP contribution in [0.4, 0.5) is 8.78 Å². The van der Waals surface area contributed by atoms with Crippen LogP contribution in [0.1, 0.15) is 39.8 Å². The van der Waals surface area contributed by atoms with Crippen molar-refractivity contribution in [3.8, 4) is 0 Å². The quantitative estimate of drug-likeness (QED) is 0.939. The minimum absolute atomic E-state index is 0.312. The summed E-state index contributed by atoms with van der Waals surface area (Å²) >= 11 is 1.47. The van der Waals surface area contributed by atoms with Gasteiger partial charge in [-0.2, -0.15) is 0 Å². The van der Waals surface area contributed by atoms with Gasteiger partial charge in [0.1, 0.15) is 16.6 Å². The maximum Gasteiger partial charge on any atom is 0.255 e. The Kier molecular flexibility index (Phi) is 4.09. The van der Waals surface area contributed by atoms with E-state index in [2.05, 4.69) is 10.3 Å². The van der Waals surface area contributed by atoms with E-state index < -0.39 is 23.1 Å². The van der Waals surface area contributed by atoms with Gasteiger partial charge in [0.2, 0.25) is 0 Å². The number of carbonyl (C=O) groups is 1. The van der Waals surface area contributed by atoms with Crippen LogP contribution in [0.25, 0.3) is 0 Å². The molecule has 1 amide bonds. The SMILES string of the molecule is Cc1nc(C(C)(C)NC(=O)c2cc(F)ccc2F)sc1C. The van der Waals surface area contributed by atoms with Crippen LogP contribution in [0.3, 0.4) is 0 Å². The van der Waals surface area contributed by atoms with Crippen LogP contribution in [-0.4, -0.2) is 10.9 Å². The normalized spacial score (nSPS) is 11.5. The van der Waals surface area contributed by atoms with Gasteiger partial charge in [-0.25, -0.2) is 13.8 Å². The van der Waals surface area contributed by atoms with Crippen molar-refractivity contribution < 1.29 is 13.6 Å². The van der Waals surface area contributed by atoms with Gasteiger partial charge in [-0.05, 0) is 45.9 Å². The third-order valence-electron chi connectivity index (χ3n) is 3.16. The van der Waals surface area contributed by atoms with E-state index in [1.165, 1.54) is 11.3 Å². The van der Waals surface area contributed by atoms with Gasteiger partial charge < -0.3 is 5.32 Å². The lowest BCUT2D eigenvalue weighted by Gasteiger charge is -2.24. The molecule has 0 unspecified atom stereocenters. The molecule has 0 aliphatic rings. The van der Waals surface area contributed by atoms with E-state index in [1.54, 1.807) is 13.8 Å². The second-order valence-corrected chi connectivity index (χ2v) is 6.57. The van der Waals surface area contributed by atoms with Gasteiger partial charge in [-0.15, -0.1) is 11.3 Å². The first-order chi connectivity index (χ1) is 9.70. The number of halogens is 2. The first-order valence-electron chi connectivity index (χ1n) is 6.43. The Balaban J connectivity index is 2.27. The number of rotatable bonds is 3. The summed E-state index contributed by atoms with van der Waals surface area (Å²) in [4.78, 5) is 17.6. The van der Waals surface area contributed by atoms with Crippen LogP contribution in [0.2, 0.25) is 0 Å². The van der Waals surface area contributed by atoms with Crippen LogP contribution >= 0.6 is 11.3 Å². The molecule has 21 heavy (non-hydrogen) atoms. The third kappa shape index (κ3) is 3.26. The minimum Gasteiger partial charge on any atom is -0.341 e. The summed E-state index contributed by atoms with van der Waals surface area (Å²) < 4.78 is 26.8. The molecule has 0 saturated heterocycles. The predicted octanol–water partition coefficient (Wildman–Crippen LogP) is 3.70. The highest BCUT2D eigenvalue weighted by Crippen LogP contribution is 2.27. The summed E-state index contributed by atoms with van der Waals surface area (Å²) in [5, 5.41) is 3.42. The Bertz CT molecular complexity index is 675. The number of aryl methyl sites for hydroxylation is 2. The first-order valence-corrected chi connectivity index (χ1v) is 7.24. The fourth-order valence-electron chi connectivity index (χ4n) is 1.82. The van der Waals surface area contributed by atoms with Gasteiger partial charge in [0, 0.05) is 4.88 Å². The minimum atomic E-state index is -0.764. The monoisotopic (exact) mass is 310 g/mol. The molecule has 2 rings (SSSR count). The lowest BCUT2D eigenvalue weighted by Crippen LogP contribution is -2.41. The van der Waals surface area contributed by atoms with Crippen LogP contribution < -0.4 is 5.32 Å². The molecule has 0 bridgehead atoms. The topological polar surface area (TPSA) is 42.0 Å². The first kappa shape index (κ1) is 15.6. The van der Waals surface area contributed by atoms with Crippen LogP contribution in [0.15, 0.2) is 18.2 Å². The molecule has 3 nitrogen and oxygen atoms in total. The van der Waals surface area contributed by atoms with E-state index in [0.29, 0.717) is 0 Å². The molecule has 0 atom stereocenters. The molecular formula is C15H16F2N2OS. The number of aromatic nitrogens is 1. The van der Waals surface area contributed by atoms with Crippen molar-refractivity contribution in [2.75, 3.05) is 0 Å². The fourth-order valence-corrected chi connectivity index (χ4v) is 2.79. The maximum absolute atomic E-state index is 13.6. The summed E-state index contributed by atoms with van der Waals surface area (Å²) in [7, 11) is 0. The van der Waals surface area contributed by atoms with Crippen molar-refractivity contribution in [3.63, 3.8) is 0 Å². The number of hydrogen-bond donors (Lipinski definition) is 1. The van der Waals surface area contributed by atoms with Gasteiger partial charge in [0.15, 0.2) is 0 Å². The number of nitrogens with one attached hydrogen (secondary N) is 1. The zero-order valence-electron chi connectivity index (χ0n) is 12.3. The molecule has 1 aromatic carbocycles. The third-order valence-corrected chi connectivity index (χ3v) is 4.56. The average molecular weight is 310 g/mol. The Morgan fingerprint density at radius 3 is 2.52 bits per heavy atom. The molecule has 112 valence electrons. The van der Waals surface area contributed by atoms with Crippen molar-refractivity contribution in [1.29, 1.82) is 0 Å². The molecule has 0 spiro atoms. The van der Waals surface area contributed by atoms with Gasteiger partial charge in [0.25, 0.3) is 5.91 Å². The van der Waals surface area contributed by atoms with E-state index in [9.17, 15) is 13.6 Å². The van der Waals surface area contributed by atoms with E-state index in [1.807, 2.05) is 13.8 Å². The molecule has 2 aromatic rings. The van der Waals surface area contributed by atoms with Crippen molar-refractivity contribution in [2.24, 2.45) is 0 Å². The molecule has 0 aliphatic heterocycles.